The van der Waals surface area contributed by atoms with Gasteiger partial charge in [0.1, 0.15) is 0 Å². The minimum atomic E-state index is 0.135. The first-order chi connectivity index (χ1) is 7.99. The van der Waals surface area contributed by atoms with Crippen LogP contribution in [0.4, 0.5) is 0 Å². The number of halogens is 2. The lowest BCUT2D eigenvalue weighted by atomic mass is 9.81. The van der Waals surface area contributed by atoms with Gasteiger partial charge in [0.15, 0.2) is 0 Å². The van der Waals surface area contributed by atoms with Crippen LogP contribution >= 0.6 is 23.2 Å². The molecule has 17 heavy (non-hydrogen) atoms. The van der Waals surface area contributed by atoms with Gasteiger partial charge in [-0.1, -0.05) is 43.1 Å². The maximum Gasteiger partial charge on any atom is 0.0595 e. The van der Waals surface area contributed by atoms with Crippen molar-refractivity contribution in [1.82, 2.24) is 5.32 Å². The molecule has 0 amide bonds. The zero-order valence-electron chi connectivity index (χ0n) is 10.4. The van der Waals surface area contributed by atoms with Gasteiger partial charge in [0, 0.05) is 6.04 Å². The van der Waals surface area contributed by atoms with Crippen LogP contribution in [0.1, 0.15) is 38.7 Å². The molecular weight excluding hydrogens is 253 g/mol. The number of benzene rings is 1. The van der Waals surface area contributed by atoms with Crippen LogP contribution in [0.3, 0.4) is 0 Å². The van der Waals surface area contributed by atoms with Gasteiger partial charge in [0.05, 0.1) is 10.0 Å². The van der Waals surface area contributed by atoms with Crippen LogP contribution < -0.4 is 5.32 Å². The summed E-state index contributed by atoms with van der Waals surface area (Å²) in [6.07, 6.45) is 3.79. The van der Waals surface area contributed by atoms with Crippen LogP contribution in [0.25, 0.3) is 0 Å². The summed E-state index contributed by atoms with van der Waals surface area (Å²) < 4.78 is 0. The van der Waals surface area contributed by atoms with Gasteiger partial charge in [0.25, 0.3) is 0 Å². The van der Waals surface area contributed by atoms with E-state index < -0.39 is 0 Å². The molecule has 1 fully saturated rings. The van der Waals surface area contributed by atoms with E-state index in [9.17, 15) is 0 Å². The third-order valence-electron chi connectivity index (χ3n) is 3.46. The largest absolute Gasteiger partial charge is 0.314 e. The minimum absolute atomic E-state index is 0.135. The Kier molecular flexibility index (Phi) is 4.02. The number of rotatable bonds is 5. The molecule has 0 heterocycles. The van der Waals surface area contributed by atoms with Gasteiger partial charge in [-0.3, -0.25) is 0 Å². The highest BCUT2D eigenvalue weighted by Gasteiger charge is 2.24. The number of nitrogens with one attached hydrogen (secondary N) is 1. The lowest BCUT2D eigenvalue weighted by Crippen LogP contribution is -2.26. The van der Waals surface area contributed by atoms with E-state index >= 15 is 0 Å². The Morgan fingerprint density at radius 3 is 2.53 bits per heavy atom. The smallest absolute Gasteiger partial charge is 0.0595 e. The summed E-state index contributed by atoms with van der Waals surface area (Å²) in [4.78, 5) is 0. The summed E-state index contributed by atoms with van der Waals surface area (Å²) in [5.74, 6) is 0. The molecule has 1 aromatic carbocycles. The first-order valence-corrected chi connectivity index (χ1v) is 6.93. The number of hydrogen-bond donors (Lipinski definition) is 1. The fourth-order valence-electron chi connectivity index (χ4n) is 1.94. The maximum atomic E-state index is 6.07. The molecule has 0 radical (unpaired) electrons. The highest BCUT2D eigenvalue weighted by molar-refractivity contribution is 6.42. The Hall–Kier alpha value is -0.240. The van der Waals surface area contributed by atoms with Crippen molar-refractivity contribution < 1.29 is 0 Å². The molecule has 1 aliphatic rings. The van der Waals surface area contributed by atoms with Crippen LogP contribution in [0.2, 0.25) is 10.0 Å². The fraction of sp³-hybridized carbons (Fsp3) is 0.571. The third kappa shape index (κ3) is 3.61. The van der Waals surface area contributed by atoms with Crippen molar-refractivity contribution in [1.29, 1.82) is 0 Å². The molecule has 2 rings (SSSR count). The molecule has 3 heteroatoms. The topological polar surface area (TPSA) is 12.0 Å². The van der Waals surface area contributed by atoms with E-state index in [0.29, 0.717) is 10.0 Å². The highest BCUT2D eigenvalue weighted by atomic mass is 35.5. The van der Waals surface area contributed by atoms with Crippen molar-refractivity contribution in [3.8, 4) is 0 Å². The molecule has 0 aromatic heterocycles. The van der Waals surface area contributed by atoms with E-state index in [-0.39, 0.29) is 5.41 Å². The van der Waals surface area contributed by atoms with Crippen molar-refractivity contribution in [2.45, 2.75) is 44.6 Å². The van der Waals surface area contributed by atoms with Crippen molar-refractivity contribution in [3.63, 3.8) is 0 Å². The molecule has 1 nitrogen and oxygen atoms in total. The van der Waals surface area contributed by atoms with Crippen molar-refractivity contribution >= 4 is 23.2 Å². The van der Waals surface area contributed by atoms with Crippen LogP contribution in [-0.4, -0.2) is 12.6 Å². The Balaban J connectivity index is 1.98. The summed E-state index contributed by atoms with van der Waals surface area (Å²) in [6.45, 7) is 5.57. The Morgan fingerprint density at radius 2 is 1.94 bits per heavy atom. The van der Waals surface area contributed by atoms with Crippen LogP contribution in [0.15, 0.2) is 18.2 Å². The normalized spacial score (nSPS) is 16.2. The molecule has 1 aromatic rings. The highest BCUT2D eigenvalue weighted by Crippen LogP contribution is 2.32. The molecule has 0 atom stereocenters. The molecule has 0 aliphatic heterocycles. The first-order valence-electron chi connectivity index (χ1n) is 6.18. The van der Waals surface area contributed by atoms with Crippen LogP contribution in [0.5, 0.6) is 0 Å². The summed E-state index contributed by atoms with van der Waals surface area (Å²) in [5.41, 5.74) is 1.39. The summed E-state index contributed by atoms with van der Waals surface area (Å²) in [6, 6.07) is 6.72. The standard InChI is InChI=1S/C14H19Cl2N/c1-14(2,7-8-17-11-4-5-11)10-3-6-12(15)13(16)9-10/h3,6,9,11,17H,4-5,7-8H2,1-2H3. The molecule has 0 saturated heterocycles. The second-order valence-electron chi connectivity index (χ2n) is 5.49. The van der Waals surface area contributed by atoms with Gasteiger partial charge < -0.3 is 5.32 Å². The van der Waals surface area contributed by atoms with Crippen LogP contribution in [0, 0.1) is 0 Å². The van der Waals surface area contributed by atoms with Gasteiger partial charge in [-0.15, -0.1) is 0 Å². The predicted molar refractivity (Wildman–Crippen MR) is 75.1 cm³/mol. The summed E-state index contributed by atoms with van der Waals surface area (Å²) in [7, 11) is 0. The second kappa shape index (κ2) is 5.17. The van der Waals surface area contributed by atoms with E-state index in [4.69, 9.17) is 23.2 Å². The number of hydrogen-bond acceptors (Lipinski definition) is 1. The van der Waals surface area contributed by atoms with Gasteiger partial charge in [0.2, 0.25) is 0 Å². The average Bonchev–Trinajstić information content (AvgIpc) is 3.05. The average molecular weight is 272 g/mol. The van der Waals surface area contributed by atoms with E-state index in [1.807, 2.05) is 12.1 Å². The van der Waals surface area contributed by atoms with Gasteiger partial charge in [-0.25, -0.2) is 0 Å². The van der Waals surface area contributed by atoms with E-state index in [2.05, 4.69) is 25.2 Å². The molecular formula is C14H19Cl2N. The monoisotopic (exact) mass is 271 g/mol. The van der Waals surface area contributed by atoms with Crippen LogP contribution in [-0.2, 0) is 5.41 Å². The van der Waals surface area contributed by atoms with E-state index in [1.54, 1.807) is 0 Å². The predicted octanol–water partition coefficient (Wildman–Crippen LogP) is 4.41. The molecule has 0 unspecified atom stereocenters. The second-order valence-corrected chi connectivity index (χ2v) is 6.31. The minimum Gasteiger partial charge on any atom is -0.314 e. The van der Waals surface area contributed by atoms with Gasteiger partial charge in [-0.05, 0) is 48.9 Å². The lowest BCUT2D eigenvalue weighted by Gasteiger charge is -2.26. The fourth-order valence-corrected chi connectivity index (χ4v) is 2.24. The van der Waals surface area contributed by atoms with Crippen molar-refractivity contribution in [3.05, 3.63) is 33.8 Å². The SMILES string of the molecule is CC(C)(CCNC1CC1)c1ccc(Cl)c(Cl)c1. The summed E-state index contributed by atoms with van der Waals surface area (Å²) in [5, 5.41) is 4.82. The molecule has 1 aliphatic carbocycles. The third-order valence-corrected chi connectivity index (χ3v) is 4.20. The molecule has 1 N–H and O–H groups in total. The molecule has 0 spiro atoms. The molecule has 94 valence electrons. The van der Waals surface area contributed by atoms with E-state index in [1.165, 1.54) is 18.4 Å². The Morgan fingerprint density at radius 1 is 1.24 bits per heavy atom. The Labute approximate surface area is 114 Å². The quantitative estimate of drug-likeness (QED) is 0.837. The van der Waals surface area contributed by atoms with Gasteiger partial charge >= 0.3 is 0 Å². The summed E-state index contributed by atoms with van der Waals surface area (Å²) >= 11 is 12.0. The van der Waals surface area contributed by atoms with Crippen molar-refractivity contribution in [2.24, 2.45) is 0 Å². The van der Waals surface area contributed by atoms with Crippen molar-refractivity contribution in [2.75, 3.05) is 6.54 Å². The zero-order chi connectivity index (χ0) is 12.5. The molecule has 1 saturated carbocycles. The first kappa shape index (κ1) is 13.2. The zero-order valence-corrected chi connectivity index (χ0v) is 11.9. The lowest BCUT2D eigenvalue weighted by molar-refractivity contribution is 0.456. The van der Waals surface area contributed by atoms with Gasteiger partial charge in [-0.2, -0.15) is 0 Å². The molecule has 0 bridgehead atoms. The maximum absolute atomic E-state index is 6.07. The van der Waals surface area contributed by atoms with E-state index in [0.717, 1.165) is 19.0 Å². The Bertz CT molecular complexity index is 397.